The van der Waals surface area contributed by atoms with Crippen molar-refractivity contribution in [2.75, 3.05) is 5.32 Å². The van der Waals surface area contributed by atoms with E-state index in [0.717, 1.165) is 16.7 Å². The predicted molar refractivity (Wildman–Crippen MR) is 107 cm³/mol. The van der Waals surface area contributed by atoms with E-state index in [2.05, 4.69) is 10.3 Å². The van der Waals surface area contributed by atoms with Crippen molar-refractivity contribution in [3.05, 3.63) is 95.8 Å². The number of benzene rings is 2. The highest BCUT2D eigenvalue weighted by molar-refractivity contribution is 6.56. The zero-order valence-electron chi connectivity index (χ0n) is 15.1. The number of Topliss-reactive ketones (excluding diaryl/α,β-unsaturated/α-hetero) is 1. The van der Waals surface area contributed by atoms with Gasteiger partial charge in [0, 0.05) is 11.8 Å². The van der Waals surface area contributed by atoms with Crippen molar-refractivity contribution >= 4 is 23.0 Å². The molecule has 0 radical (unpaired) electrons. The first-order valence-electron chi connectivity index (χ1n) is 8.96. The molecule has 28 heavy (non-hydrogen) atoms. The third-order valence-corrected chi connectivity index (χ3v) is 4.52. The number of allylic oxidation sites excluding steroid dienone is 1. The molecule has 0 unspecified atom stereocenters. The Morgan fingerprint density at radius 3 is 2.68 bits per heavy atom. The van der Waals surface area contributed by atoms with Gasteiger partial charge in [-0.3, -0.25) is 14.6 Å². The zero-order valence-corrected chi connectivity index (χ0v) is 15.1. The molecule has 0 spiro atoms. The maximum atomic E-state index is 12.7. The molecule has 0 atom stereocenters. The van der Waals surface area contributed by atoms with Crippen molar-refractivity contribution in [1.29, 1.82) is 0 Å². The summed E-state index contributed by atoms with van der Waals surface area (Å²) in [5.41, 5.74) is 3.70. The number of nitrogens with one attached hydrogen (secondary N) is 1. The topological polar surface area (TPSA) is 68.3 Å². The van der Waals surface area contributed by atoms with Gasteiger partial charge in [0.05, 0.1) is 11.9 Å². The molecule has 1 heterocycles. The zero-order chi connectivity index (χ0) is 19.3. The fourth-order valence-electron chi connectivity index (χ4n) is 3.10. The molecule has 0 aliphatic heterocycles. The number of hydrogen-bond acceptors (Lipinski definition) is 4. The molecule has 0 saturated heterocycles. The van der Waals surface area contributed by atoms with Crippen LogP contribution in [0.2, 0.25) is 0 Å². The number of hydrogen-bond donors (Lipinski definition) is 1. The van der Waals surface area contributed by atoms with Gasteiger partial charge in [-0.2, -0.15) is 0 Å². The van der Waals surface area contributed by atoms with Crippen LogP contribution in [0.25, 0.3) is 5.57 Å². The number of anilines is 1. The predicted octanol–water partition coefficient (Wildman–Crippen LogP) is 3.81. The molecule has 0 fully saturated rings. The van der Waals surface area contributed by atoms with Gasteiger partial charge in [-0.1, -0.05) is 42.5 Å². The summed E-state index contributed by atoms with van der Waals surface area (Å²) in [6.07, 6.45) is 5.51. The van der Waals surface area contributed by atoms with Gasteiger partial charge < -0.3 is 10.1 Å². The van der Waals surface area contributed by atoms with Gasteiger partial charge >= 0.3 is 0 Å². The summed E-state index contributed by atoms with van der Waals surface area (Å²) in [7, 11) is 0. The lowest BCUT2D eigenvalue weighted by molar-refractivity contribution is -0.131. The lowest BCUT2D eigenvalue weighted by atomic mass is 10.0. The van der Waals surface area contributed by atoms with E-state index in [1.165, 1.54) is 6.20 Å². The Balaban J connectivity index is 1.48. The molecule has 0 bridgehead atoms. The van der Waals surface area contributed by atoms with E-state index in [0.29, 0.717) is 30.0 Å². The van der Waals surface area contributed by atoms with Crippen molar-refractivity contribution in [1.82, 2.24) is 4.98 Å². The first-order valence-corrected chi connectivity index (χ1v) is 8.96. The SMILES string of the molecule is O=C(Nc1cccnc1)C(=O)C1=CCc2ccc(OCc3ccccc3)cc21. The minimum atomic E-state index is -0.678. The summed E-state index contributed by atoms with van der Waals surface area (Å²) in [6.45, 7) is 0.439. The molecule has 3 aromatic rings. The number of fused-ring (bicyclic) bond motifs is 1. The van der Waals surface area contributed by atoms with Crippen LogP contribution < -0.4 is 10.1 Å². The molecule has 0 saturated carbocycles. The van der Waals surface area contributed by atoms with Gasteiger partial charge in [0.2, 0.25) is 0 Å². The average molecular weight is 370 g/mol. The van der Waals surface area contributed by atoms with Gasteiger partial charge in [-0.25, -0.2) is 0 Å². The molecular formula is C23H18N2O3. The molecule has 2 aromatic carbocycles. The molecule has 1 aromatic heterocycles. The third-order valence-electron chi connectivity index (χ3n) is 4.52. The summed E-state index contributed by atoms with van der Waals surface area (Å²) in [6, 6.07) is 18.9. The van der Waals surface area contributed by atoms with Crippen LogP contribution in [0.4, 0.5) is 5.69 Å². The van der Waals surface area contributed by atoms with Crippen molar-refractivity contribution in [2.45, 2.75) is 13.0 Å². The van der Waals surface area contributed by atoms with E-state index in [4.69, 9.17) is 4.74 Å². The number of aromatic nitrogens is 1. The number of pyridine rings is 1. The van der Waals surface area contributed by atoms with Crippen LogP contribution in [-0.4, -0.2) is 16.7 Å². The highest BCUT2D eigenvalue weighted by Gasteiger charge is 2.26. The first kappa shape index (κ1) is 17.7. The fraction of sp³-hybridized carbons (Fsp3) is 0.0870. The van der Waals surface area contributed by atoms with Crippen molar-refractivity contribution in [3.8, 4) is 5.75 Å². The number of ether oxygens (including phenoxy) is 1. The van der Waals surface area contributed by atoms with Gasteiger partial charge in [0.15, 0.2) is 0 Å². The molecule has 5 heteroatoms. The molecule has 138 valence electrons. The largest absolute Gasteiger partial charge is 0.489 e. The minimum absolute atomic E-state index is 0.404. The highest BCUT2D eigenvalue weighted by Crippen LogP contribution is 2.32. The second kappa shape index (κ2) is 7.88. The molecule has 1 amide bonds. The molecular weight excluding hydrogens is 352 g/mol. The number of rotatable bonds is 6. The summed E-state index contributed by atoms with van der Waals surface area (Å²) in [5.74, 6) is -0.582. The van der Waals surface area contributed by atoms with E-state index >= 15 is 0 Å². The Morgan fingerprint density at radius 1 is 1.04 bits per heavy atom. The number of ketones is 1. The number of carbonyl (C=O) groups excluding carboxylic acids is 2. The fourth-order valence-corrected chi connectivity index (χ4v) is 3.10. The summed E-state index contributed by atoms with van der Waals surface area (Å²) >= 11 is 0. The molecule has 1 aliphatic rings. The van der Waals surface area contributed by atoms with Gasteiger partial charge in [0.25, 0.3) is 11.7 Å². The standard InChI is InChI=1S/C23H18N2O3/c26-22(23(27)25-18-7-4-12-24-14-18)20-11-9-17-8-10-19(13-21(17)20)28-15-16-5-2-1-3-6-16/h1-8,10-14H,9,15H2,(H,25,27). The molecule has 4 rings (SSSR count). The van der Waals surface area contributed by atoms with Gasteiger partial charge in [-0.05, 0) is 47.4 Å². The Morgan fingerprint density at radius 2 is 1.89 bits per heavy atom. The normalized spacial score (nSPS) is 12.1. The highest BCUT2D eigenvalue weighted by atomic mass is 16.5. The first-order chi connectivity index (χ1) is 13.7. The molecule has 1 aliphatic carbocycles. The summed E-state index contributed by atoms with van der Waals surface area (Å²) in [4.78, 5) is 28.9. The monoisotopic (exact) mass is 370 g/mol. The Hall–Kier alpha value is -3.73. The minimum Gasteiger partial charge on any atom is -0.489 e. The summed E-state index contributed by atoms with van der Waals surface area (Å²) in [5, 5.41) is 2.59. The van der Waals surface area contributed by atoms with E-state index in [1.807, 2.05) is 48.5 Å². The lowest BCUT2D eigenvalue weighted by Gasteiger charge is -2.10. The number of nitrogens with zero attached hydrogens (tertiary/aromatic N) is 1. The van der Waals surface area contributed by atoms with E-state index < -0.39 is 11.7 Å². The molecule has 5 nitrogen and oxygen atoms in total. The van der Waals surface area contributed by atoms with Crippen LogP contribution in [-0.2, 0) is 22.6 Å². The van der Waals surface area contributed by atoms with Crippen LogP contribution in [0.1, 0.15) is 16.7 Å². The van der Waals surface area contributed by atoms with Gasteiger partial charge in [-0.15, -0.1) is 0 Å². The van der Waals surface area contributed by atoms with E-state index in [9.17, 15) is 9.59 Å². The van der Waals surface area contributed by atoms with Crippen molar-refractivity contribution in [3.63, 3.8) is 0 Å². The van der Waals surface area contributed by atoms with Crippen molar-refractivity contribution in [2.24, 2.45) is 0 Å². The average Bonchev–Trinajstić information content (AvgIpc) is 3.16. The number of amides is 1. The second-order valence-electron chi connectivity index (χ2n) is 6.44. The van der Waals surface area contributed by atoms with Crippen LogP contribution in [0, 0.1) is 0 Å². The second-order valence-corrected chi connectivity index (χ2v) is 6.44. The van der Waals surface area contributed by atoms with Crippen LogP contribution in [0.5, 0.6) is 5.75 Å². The van der Waals surface area contributed by atoms with Crippen LogP contribution in [0.3, 0.4) is 0 Å². The van der Waals surface area contributed by atoms with Crippen molar-refractivity contribution < 1.29 is 14.3 Å². The van der Waals surface area contributed by atoms with Crippen LogP contribution >= 0.6 is 0 Å². The summed E-state index contributed by atoms with van der Waals surface area (Å²) < 4.78 is 5.85. The Bertz CT molecular complexity index is 1040. The maximum Gasteiger partial charge on any atom is 0.296 e. The third kappa shape index (κ3) is 3.83. The van der Waals surface area contributed by atoms with E-state index in [-0.39, 0.29) is 0 Å². The van der Waals surface area contributed by atoms with Gasteiger partial charge in [0.1, 0.15) is 12.4 Å². The quantitative estimate of drug-likeness (QED) is 0.670. The number of carbonyl (C=O) groups is 2. The Labute approximate surface area is 162 Å². The molecule has 1 N–H and O–H groups in total. The smallest absolute Gasteiger partial charge is 0.296 e. The van der Waals surface area contributed by atoms with Crippen LogP contribution in [0.15, 0.2) is 79.1 Å². The lowest BCUT2D eigenvalue weighted by Crippen LogP contribution is -2.23. The maximum absolute atomic E-state index is 12.7. The Kier molecular flexibility index (Phi) is 4.97. The van der Waals surface area contributed by atoms with E-state index in [1.54, 1.807) is 24.4 Å².